The van der Waals surface area contributed by atoms with Crippen LogP contribution in [0.2, 0.25) is 0 Å². The van der Waals surface area contributed by atoms with E-state index in [4.69, 9.17) is 9.47 Å². The molecule has 212 valence electrons. The van der Waals surface area contributed by atoms with Crippen molar-refractivity contribution < 1.29 is 27.8 Å². The highest BCUT2D eigenvalue weighted by Crippen LogP contribution is 2.42. The molecule has 4 aromatic rings. The summed E-state index contributed by atoms with van der Waals surface area (Å²) in [5.74, 6) is -0.591. The van der Waals surface area contributed by atoms with Crippen LogP contribution < -0.4 is 0 Å². The molecule has 0 spiro atoms. The minimum atomic E-state index is -2.63. The number of aromatic nitrogens is 2. The molecular weight excluding hydrogens is 528 g/mol. The zero-order valence-corrected chi connectivity index (χ0v) is 22.7. The Hall–Kier alpha value is -4.53. The van der Waals surface area contributed by atoms with Crippen molar-refractivity contribution >= 4 is 12.1 Å². The van der Waals surface area contributed by atoms with Crippen molar-refractivity contribution in [2.75, 3.05) is 19.7 Å². The maximum atomic E-state index is 13.6. The van der Waals surface area contributed by atoms with E-state index in [0.29, 0.717) is 59.6 Å². The maximum Gasteiger partial charge on any atom is 0.410 e. The molecule has 1 N–H and O–H groups in total. The standard InChI is InChI=1S/C32H31F2N3O4/c1-2-40-31(38)27-26(22-11-15-35-16-12-22)29(24-9-6-10-25(19-24)30(33)34)36-28(27)23-13-17-37(18-14-23)32(39)41-20-21-7-4-3-5-8-21/h3-12,15-16,19,23,30,36H,2,13-14,17-18,20H2,1H3. The van der Waals surface area contributed by atoms with Gasteiger partial charge in [-0.3, -0.25) is 4.98 Å². The number of carbonyl (C=O) groups is 2. The van der Waals surface area contributed by atoms with Gasteiger partial charge >= 0.3 is 12.1 Å². The number of nitrogens with one attached hydrogen (secondary N) is 1. The highest BCUT2D eigenvalue weighted by molar-refractivity contribution is 6.03. The summed E-state index contributed by atoms with van der Waals surface area (Å²) in [6.45, 7) is 3.00. The quantitative estimate of drug-likeness (QED) is 0.228. The molecule has 0 aliphatic carbocycles. The zero-order chi connectivity index (χ0) is 28.8. The van der Waals surface area contributed by atoms with Crippen LogP contribution in [0.1, 0.15) is 59.3 Å². The number of aromatic amines is 1. The number of rotatable bonds is 8. The highest BCUT2D eigenvalue weighted by atomic mass is 19.3. The van der Waals surface area contributed by atoms with Gasteiger partial charge in [0.1, 0.15) is 6.61 Å². The van der Waals surface area contributed by atoms with Gasteiger partial charge in [-0.25, -0.2) is 18.4 Å². The number of ether oxygens (including phenoxy) is 2. The Labute approximate surface area is 237 Å². The predicted octanol–water partition coefficient (Wildman–Crippen LogP) is 7.37. The highest BCUT2D eigenvalue weighted by Gasteiger charge is 2.33. The number of esters is 1. The van der Waals surface area contributed by atoms with Crippen molar-refractivity contribution in [2.24, 2.45) is 0 Å². The van der Waals surface area contributed by atoms with Crippen LogP contribution in [-0.4, -0.2) is 46.6 Å². The first-order chi connectivity index (χ1) is 20.0. The number of carbonyl (C=O) groups excluding carboxylic acids is 2. The number of benzene rings is 2. The van der Waals surface area contributed by atoms with Crippen molar-refractivity contribution in [3.05, 3.63) is 102 Å². The van der Waals surface area contributed by atoms with Crippen LogP contribution in [0.4, 0.5) is 13.6 Å². The SMILES string of the molecule is CCOC(=O)c1c(C2CCN(C(=O)OCc3ccccc3)CC2)[nH]c(-c2cccc(C(F)F)c2)c1-c1ccncc1. The maximum absolute atomic E-state index is 13.6. The van der Waals surface area contributed by atoms with Crippen molar-refractivity contribution in [1.82, 2.24) is 14.9 Å². The molecular formula is C32H31F2N3O4. The van der Waals surface area contributed by atoms with Crippen molar-refractivity contribution in [1.29, 1.82) is 0 Å². The van der Waals surface area contributed by atoms with Gasteiger partial charge in [0.15, 0.2) is 0 Å². The summed E-state index contributed by atoms with van der Waals surface area (Å²) in [5, 5.41) is 0. The average molecular weight is 560 g/mol. The second kappa shape index (κ2) is 12.8. The fourth-order valence-corrected chi connectivity index (χ4v) is 5.26. The number of piperidine rings is 1. The molecule has 0 saturated carbocycles. The molecule has 0 radical (unpaired) electrons. The molecule has 0 unspecified atom stereocenters. The zero-order valence-electron chi connectivity index (χ0n) is 22.7. The predicted molar refractivity (Wildman–Crippen MR) is 151 cm³/mol. The van der Waals surface area contributed by atoms with E-state index in [0.717, 1.165) is 5.56 Å². The Morgan fingerprint density at radius 1 is 0.976 bits per heavy atom. The van der Waals surface area contributed by atoms with Crippen LogP contribution in [0.25, 0.3) is 22.4 Å². The fourth-order valence-electron chi connectivity index (χ4n) is 5.26. The van der Waals surface area contributed by atoms with Crippen LogP contribution in [0, 0.1) is 0 Å². The first kappa shape index (κ1) is 28.0. The molecule has 7 nitrogen and oxygen atoms in total. The minimum absolute atomic E-state index is 0.0970. The summed E-state index contributed by atoms with van der Waals surface area (Å²) in [6, 6.07) is 19.2. The number of halogens is 2. The van der Waals surface area contributed by atoms with Gasteiger partial charge < -0.3 is 19.4 Å². The molecule has 5 rings (SSSR count). The molecule has 9 heteroatoms. The molecule has 0 atom stereocenters. The van der Waals surface area contributed by atoms with Gasteiger partial charge in [0, 0.05) is 48.2 Å². The minimum Gasteiger partial charge on any atom is -0.462 e. The largest absolute Gasteiger partial charge is 0.462 e. The molecule has 3 heterocycles. The van der Waals surface area contributed by atoms with Crippen molar-refractivity contribution in [3.8, 4) is 22.4 Å². The topological polar surface area (TPSA) is 84.5 Å². The molecule has 1 amide bonds. The smallest absolute Gasteiger partial charge is 0.410 e. The van der Waals surface area contributed by atoms with E-state index in [1.165, 1.54) is 12.1 Å². The lowest BCUT2D eigenvalue weighted by Crippen LogP contribution is -2.38. The Bertz CT molecular complexity index is 1480. The lowest BCUT2D eigenvalue weighted by atomic mass is 9.89. The molecule has 1 saturated heterocycles. The van der Waals surface area contributed by atoms with E-state index in [1.807, 2.05) is 30.3 Å². The second-order valence-electron chi connectivity index (χ2n) is 9.85. The van der Waals surface area contributed by atoms with E-state index >= 15 is 0 Å². The molecule has 1 fully saturated rings. The van der Waals surface area contributed by atoms with Gasteiger partial charge in [0.05, 0.1) is 17.9 Å². The van der Waals surface area contributed by atoms with Gasteiger partial charge in [0.2, 0.25) is 0 Å². The monoisotopic (exact) mass is 559 g/mol. The normalized spacial score (nSPS) is 13.8. The van der Waals surface area contributed by atoms with Gasteiger partial charge in [-0.2, -0.15) is 0 Å². The second-order valence-corrected chi connectivity index (χ2v) is 9.85. The van der Waals surface area contributed by atoms with Crippen LogP contribution in [0.3, 0.4) is 0 Å². The lowest BCUT2D eigenvalue weighted by Gasteiger charge is -2.31. The summed E-state index contributed by atoms with van der Waals surface area (Å²) in [6.07, 6.45) is 1.39. The van der Waals surface area contributed by atoms with Crippen LogP contribution >= 0.6 is 0 Å². The number of hydrogen-bond acceptors (Lipinski definition) is 5. The number of nitrogens with zero attached hydrogens (tertiary/aromatic N) is 2. The van der Waals surface area contributed by atoms with Gasteiger partial charge in [-0.1, -0.05) is 48.5 Å². The van der Waals surface area contributed by atoms with Gasteiger partial charge in [-0.15, -0.1) is 0 Å². The van der Waals surface area contributed by atoms with E-state index in [-0.39, 0.29) is 30.8 Å². The number of hydrogen-bond donors (Lipinski definition) is 1. The van der Waals surface area contributed by atoms with E-state index < -0.39 is 12.4 Å². The van der Waals surface area contributed by atoms with Gasteiger partial charge in [0.25, 0.3) is 6.43 Å². The van der Waals surface area contributed by atoms with Gasteiger partial charge in [-0.05, 0) is 54.7 Å². The third-order valence-electron chi connectivity index (χ3n) is 7.27. The van der Waals surface area contributed by atoms with E-state index in [9.17, 15) is 18.4 Å². The van der Waals surface area contributed by atoms with Crippen LogP contribution in [0.15, 0.2) is 79.1 Å². The lowest BCUT2D eigenvalue weighted by molar-refractivity contribution is 0.0523. The summed E-state index contributed by atoms with van der Waals surface area (Å²) < 4.78 is 38.2. The summed E-state index contributed by atoms with van der Waals surface area (Å²) in [5.41, 5.74) is 4.23. The fraction of sp³-hybridized carbons (Fsp3) is 0.281. The molecule has 1 aliphatic heterocycles. The van der Waals surface area contributed by atoms with Crippen LogP contribution in [-0.2, 0) is 16.1 Å². The third-order valence-corrected chi connectivity index (χ3v) is 7.27. The third kappa shape index (κ3) is 6.29. The van der Waals surface area contributed by atoms with E-state index in [2.05, 4.69) is 9.97 Å². The molecule has 2 aromatic heterocycles. The molecule has 2 aromatic carbocycles. The molecule has 41 heavy (non-hydrogen) atoms. The first-order valence-electron chi connectivity index (χ1n) is 13.6. The Kier molecular flexibility index (Phi) is 8.72. The first-order valence-corrected chi connectivity index (χ1v) is 13.6. The van der Waals surface area contributed by atoms with Crippen molar-refractivity contribution in [3.63, 3.8) is 0 Å². The molecule has 1 aliphatic rings. The number of alkyl halides is 2. The Morgan fingerprint density at radius 3 is 2.39 bits per heavy atom. The van der Waals surface area contributed by atoms with Crippen molar-refractivity contribution in [2.45, 2.75) is 38.7 Å². The number of pyridine rings is 1. The Balaban J connectivity index is 1.47. The summed E-state index contributed by atoms with van der Waals surface area (Å²) in [4.78, 5) is 35.4. The van der Waals surface area contributed by atoms with Crippen LogP contribution in [0.5, 0.6) is 0 Å². The summed E-state index contributed by atoms with van der Waals surface area (Å²) in [7, 11) is 0. The average Bonchev–Trinajstić information content (AvgIpc) is 3.42. The Morgan fingerprint density at radius 2 is 1.71 bits per heavy atom. The summed E-state index contributed by atoms with van der Waals surface area (Å²) >= 11 is 0. The number of amides is 1. The number of H-pyrrole nitrogens is 1. The number of likely N-dealkylation sites (tertiary alicyclic amines) is 1. The molecule has 0 bridgehead atoms. The van der Waals surface area contributed by atoms with E-state index in [1.54, 1.807) is 48.5 Å².